The zero-order chi connectivity index (χ0) is 14.8. The lowest BCUT2D eigenvalue weighted by atomic mass is 10.0. The average Bonchev–Trinajstić information content (AvgIpc) is 2.82. The van der Waals surface area contributed by atoms with E-state index in [4.69, 9.17) is 4.74 Å². The topological polar surface area (TPSA) is 53.6 Å². The number of ether oxygens (including phenoxy) is 1. The maximum absolute atomic E-state index is 11.9. The fraction of sp³-hybridized carbons (Fsp3) is 0.562. The van der Waals surface area contributed by atoms with Crippen molar-refractivity contribution >= 4 is 17.3 Å². The molecule has 0 spiro atoms. The van der Waals surface area contributed by atoms with Crippen LogP contribution >= 0.6 is 0 Å². The summed E-state index contributed by atoms with van der Waals surface area (Å²) < 4.78 is 5.69. The van der Waals surface area contributed by atoms with Gasteiger partial charge in [0.25, 0.3) is 0 Å². The minimum Gasteiger partial charge on any atom is -0.378 e. The van der Waals surface area contributed by atoms with Crippen molar-refractivity contribution < 1.29 is 9.53 Å². The van der Waals surface area contributed by atoms with Crippen molar-refractivity contribution in [1.82, 2.24) is 5.32 Å². The molecule has 1 amide bonds. The number of rotatable bonds is 4. The molecule has 1 unspecified atom stereocenters. The fourth-order valence-corrected chi connectivity index (χ4v) is 3.25. The van der Waals surface area contributed by atoms with Gasteiger partial charge in [0.1, 0.15) is 6.04 Å². The Labute approximate surface area is 125 Å². The van der Waals surface area contributed by atoms with Crippen LogP contribution < -0.4 is 15.5 Å². The monoisotopic (exact) mass is 289 g/mol. The zero-order valence-corrected chi connectivity index (χ0v) is 12.7. The SMILES string of the molecule is CCOC1CCN(c2ccc3c(c2)NC(=O)C3NC)CC1. The molecule has 0 aliphatic carbocycles. The van der Waals surface area contributed by atoms with Gasteiger partial charge in [0.2, 0.25) is 5.91 Å². The second kappa shape index (κ2) is 6.03. The van der Waals surface area contributed by atoms with E-state index in [-0.39, 0.29) is 11.9 Å². The fourth-order valence-electron chi connectivity index (χ4n) is 3.25. The molecule has 0 bridgehead atoms. The lowest BCUT2D eigenvalue weighted by Gasteiger charge is -2.33. The van der Waals surface area contributed by atoms with Crippen LogP contribution in [0.1, 0.15) is 31.4 Å². The van der Waals surface area contributed by atoms with Gasteiger partial charge in [-0.1, -0.05) is 6.07 Å². The highest BCUT2D eigenvalue weighted by atomic mass is 16.5. The van der Waals surface area contributed by atoms with Crippen LogP contribution in [0.5, 0.6) is 0 Å². The molecule has 2 aliphatic heterocycles. The number of carbonyl (C=O) groups excluding carboxylic acids is 1. The highest BCUT2D eigenvalue weighted by Crippen LogP contribution is 2.34. The van der Waals surface area contributed by atoms with E-state index >= 15 is 0 Å². The predicted molar refractivity (Wildman–Crippen MR) is 83.7 cm³/mol. The van der Waals surface area contributed by atoms with E-state index in [0.717, 1.165) is 43.8 Å². The Balaban J connectivity index is 1.71. The van der Waals surface area contributed by atoms with Gasteiger partial charge in [-0.2, -0.15) is 0 Å². The Morgan fingerprint density at radius 1 is 1.38 bits per heavy atom. The van der Waals surface area contributed by atoms with Gasteiger partial charge < -0.3 is 20.3 Å². The normalized spacial score (nSPS) is 22.3. The Kier molecular flexibility index (Phi) is 4.12. The van der Waals surface area contributed by atoms with Crippen LogP contribution in [0.3, 0.4) is 0 Å². The van der Waals surface area contributed by atoms with E-state index in [9.17, 15) is 4.79 Å². The van der Waals surface area contributed by atoms with Crippen LogP contribution in [0.4, 0.5) is 11.4 Å². The van der Waals surface area contributed by atoms with Crippen LogP contribution in [0.15, 0.2) is 18.2 Å². The molecular formula is C16H23N3O2. The first kappa shape index (κ1) is 14.4. The third-order valence-electron chi connectivity index (χ3n) is 4.37. The van der Waals surface area contributed by atoms with Crippen LogP contribution in [-0.4, -0.2) is 38.8 Å². The summed E-state index contributed by atoms with van der Waals surface area (Å²) in [6.07, 6.45) is 2.53. The number of amides is 1. The quantitative estimate of drug-likeness (QED) is 0.889. The summed E-state index contributed by atoms with van der Waals surface area (Å²) in [5, 5.41) is 6.00. The minimum atomic E-state index is -0.224. The number of likely N-dealkylation sites (N-methyl/N-ethyl adjacent to an activating group) is 1. The van der Waals surface area contributed by atoms with Crippen LogP contribution in [0.2, 0.25) is 0 Å². The second-order valence-electron chi connectivity index (χ2n) is 5.62. The highest BCUT2D eigenvalue weighted by Gasteiger charge is 2.30. The van der Waals surface area contributed by atoms with Crippen molar-refractivity contribution in [3.8, 4) is 0 Å². The van der Waals surface area contributed by atoms with Crippen molar-refractivity contribution in [2.45, 2.75) is 31.9 Å². The molecule has 1 fully saturated rings. The van der Waals surface area contributed by atoms with Crippen molar-refractivity contribution in [3.63, 3.8) is 0 Å². The van der Waals surface area contributed by atoms with E-state index in [1.165, 1.54) is 5.69 Å². The van der Waals surface area contributed by atoms with E-state index < -0.39 is 0 Å². The maximum atomic E-state index is 11.9. The summed E-state index contributed by atoms with van der Waals surface area (Å²) in [6, 6.07) is 6.03. The number of nitrogens with zero attached hydrogens (tertiary/aromatic N) is 1. The molecule has 0 aromatic heterocycles. The Bertz CT molecular complexity index is 524. The van der Waals surface area contributed by atoms with Crippen molar-refractivity contribution in [1.29, 1.82) is 0 Å². The summed E-state index contributed by atoms with van der Waals surface area (Å²) in [5.74, 6) is 0.0275. The Morgan fingerprint density at radius 2 is 2.14 bits per heavy atom. The van der Waals surface area contributed by atoms with Gasteiger partial charge in [-0.25, -0.2) is 0 Å². The number of anilines is 2. The standard InChI is InChI=1S/C16H23N3O2/c1-3-21-12-6-8-19(9-7-12)11-4-5-13-14(10-11)18-16(20)15(13)17-2/h4-5,10,12,15,17H,3,6-9H2,1-2H3,(H,18,20). The number of hydrogen-bond acceptors (Lipinski definition) is 4. The van der Waals surface area contributed by atoms with Crippen LogP contribution in [0.25, 0.3) is 0 Å². The number of carbonyl (C=O) groups is 1. The summed E-state index contributed by atoms with van der Waals surface area (Å²) in [4.78, 5) is 14.2. The van der Waals surface area contributed by atoms with Crippen molar-refractivity contribution in [2.24, 2.45) is 0 Å². The van der Waals surface area contributed by atoms with Gasteiger partial charge >= 0.3 is 0 Å². The Morgan fingerprint density at radius 3 is 2.81 bits per heavy atom. The Hall–Kier alpha value is -1.59. The molecular weight excluding hydrogens is 266 g/mol. The first-order valence-corrected chi connectivity index (χ1v) is 7.71. The molecule has 3 rings (SSSR count). The lowest BCUT2D eigenvalue weighted by molar-refractivity contribution is -0.117. The molecule has 2 N–H and O–H groups in total. The van der Waals surface area contributed by atoms with Gasteiger partial charge in [-0.15, -0.1) is 0 Å². The summed E-state index contributed by atoms with van der Waals surface area (Å²) in [7, 11) is 1.81. The number of piperidine rings is 1. The van der Waals surface area contributed by atoms with Crippen molar-refractivity contribution in [3.05, 3.63) is 23.8 Å². The largest absolute Gasteiger partial charge is 0.378 e. The van der Waals surface area contributed by atoms with Gasteiger partial charge in [0.15, 0.2) is 0 Å². The molecule has 1 saturated heterocycles. The van der Waals surface area contributed by atoms with Gasteiger partial charge in [-0.05, 0) is 38.9 Å². The molecule has 1 aromatic carbocycles. The third kappa shape index (κ3) is 2.76. The van der Waals surface area contributed by atoms with Gasteiger partial charge in [0, 0.05) is 36.6 Å². The van der Waals surface area contributed by atoms with Crippen LogP contribution in [-0.2, 0) is 9.53 Å². The molecule has 0 radical (unpaired) electrons. The number of benzene rings is 1. The highest BCUT2D eigenvalue weighted by molar-refractivity contribution is 6.03. The van der Waals surface area contributed by atoms with Crippen molar-refractivity contribution in [2.75, 3.05) is 37.0 Å². The average molecular weight is 289 g/mol. The van der Waals surface area contributed by atoms with Gasteiger partial charge in [0.05, 0.1) is 6.10 Å². The summed E-state index contributed by atoms with van der Waals surface area (Å²) >= 11 is 0. The van der Waals surface area contributed by atoms with E-state index in [1.54, 1.807) is 0 Å². The first-order chi connectivity index (χ1) is 10.2. The molecule has 2 heterocycles. The number of nitrogens with one attached hydrogen (secondary N) is 2. The molecule has 1 aromatic rings. The maximum Gasteiger partial charge on any atom is 0.246 e. The molecule has 5 heteroatoms. The van der Waals surface area contributed by atoms with E-state index in [1.807, 2.05) is 14.0 Å². The molecule has 0 saturated carbocycles. The number of fused-ring (bicyclic) bond motifs is 1. The zero-order valence-electron chi connectivity index (χ0n) is 12.7. The third-order valence-corrected chi connectivity index (χ3v) is 4.37. The molecule has 21 heavy (non-hydrogen) atoms. The van der Waals surface area contributed by atoms with Gasteiger partial charge in [-0.3, -0.25) is 4.79 Å². The smallest absolute Gasteiger partial charge is 0.246 e. The molecule has 2 aliphatic rings. The molecule has 5 nitrogen and oxygen atoms in total. The molecule has 114 valence electrons. The first-order valence-electron chi connectivity index (χ1n) is 7.71. The van der Waals surface area contributed by atoms with Crippen LogP contribution in [0, 0.1) is 0 Å². The predicted octanol–water partition coefficient (Wildman–Crippen LogP) is 1.90. The van der Waals surface area contributed by atoms with E-state index in [0.29, 0.717) is 6.10 Å². The second-order valence-corrected chi connectivity index (χ2v) is 5.62. The molecule has 1 atom stereocenters. The summed E-state index contributed by atoms with van der Waals surface area (Å²) in [6.45, 7) is 4.86. The minimum absolute atomic E-state index is 0.0275. The van der Waals surface area contributed by atoms with E-state index in [2.05, 4.69) is 33.7 Å². The lowest BCUT2D eigenvalue weighted by Crippen LogP contribution is -2.37. The number of hydrogen-bond donors (Lipinski definition) is 2. The summed E-state index contributed by atoms with van der Waals surface area (Å²) in [5.41, 5.74) is 3.15.